The van der Waals surface area contributed by atoms with Gasteiger partial charge in [0, 0.05) is 6.42 Å². The molecule has 0 fully saturated rings. The molecule has 0 saturated heterocycles. The monoisotopic (exact) mass is 248 g/mol. The zero-order valence-electron chi connectivity index (χ0n) is 9.08. The summed E-state index contributed by atoms with van der Waals surface area (Å²) in [7, 11) is 1.50. The van der Waals surface area contributed by atoms with Crippen molar-refractivity contribution in [2.24, 2.45) is 0 Å². The Morgan fingerprint density at radius 1 is 1.18 bits per heavy atom. The average molecular weight is 248 g/mol. The Bertz CT molecular complexity index is 371. The second kappa shape index (κ2) is 5.56. The Kier molecular flexibility index (Phi) is 4.37. The van der Waals surface area contributed by atoms with Gasteiger partial charge in [-0.05, 0) is 24.3 Å². The fraction of sp³-hybridized carbons (Fsp3) is 0.364. The number of carbonyl (C=O) groups excluding carboxylic acids is 1. The molecule has 1 aromatic rings. The molecule has 0 radical (unpaired) electrons. The normalized spacial score (nSPS) is 11.1. The molecule has 3 nitrogen and oxygen atoms in total. The lowest BCUT2D eigenvalue weighted by Crippen LogP contribution is -2.24. The number of Topliss-reactive ketones (excluding diaryl/α,β-unsaturated/α-hetero) is 1. The predicted molar refractivity (Wildman–Crippen MR) is 54.2 cm³/mol. The van der Waals surface area contributed by atoms with E-state index in [1.165, 1.54) is 7.11 Å². The molecule has 1 aromatic carbocycles. The molecule has 1 rings (SSSR count). The van der Waals surface area contributed by atoms with Gasteiger partial charge in [0.2, 0.25) is 5.78 Å². The first kappa shape index (κ1) is 13.3. The summed E-state index contributed by atoms with van der Waals surface area (Å²) >= 11 is 0. The van der Waals surface area contributed by atoms with Crippen LogP contribution in [0.4, 0.5) is 13.2 Å². The maximum absolute atomic E-state index is 11.9. The molecule has 0 saturated carbocycles. The third kappa shape index (κ3) is 4.34. The van der Waals surface area contributed by atoms with E-state index in [4.69, 9.17) is 9.47 Å². The van der Waals surface area contributed by atoms with Crippen LogP contribution < -0.4 is 9.47 Å². The number of ether oxygens (including phenoxy) is 2. The summed E-state index contributed by atoms with van der Waals surface area (Å²) in [6, 6.07) is 6.33. The highest BCUT2D eigenvalue weighted by Gasteiger charge is 2.37. The molecule has 0 heterocycles. The minimum atomic E-state index is -4.79. The summed E-state index contributed by atoms with van der Waals surface area (Å²) < 4.78 is 45.4. The standard InChI is InChI=1S/C11H11F3O3/c1-16-8-2-4-9(5-3-8)17-7-6-10(15)11(12,13)14/h2-5H,6-7H2,1H3. The van der Waals surface area contributed by atoms with Gasteiger partial charge in [0.05, 0.1) is 13.7 Å². The molecule has 0 atom stereocenters. The van der Waals surface area contributed by atoms with Crippen LogP contribution >= 0.6 is 0 Å². The number of benzene rings is 1. The van der Waals surface area contributed by atoms with Crippen molar-refractivity contribution in [1.82, 2.24) is 0 Å². The second-order valence-electron chi connectivity index (χ2n) is 3.19. The van der Waals surface area contributed by atoms with Crippen molar-refractivity contribution in [1.29, 1.82) is 0 Å². The first-order valence-electron chi connectivity index (χ1n) is 4.80. The molecular formula is C11H11F3O3. The molecule has 0 aromatic heterocycles. The Labute approximate surface area is 96.1 Å². The first-order chi connectivity index (χ1) is 7.93. The third-order valence-electron chi connectivity index (χ3n) is 1.97. The number of ketones is 1. The molecule has 0 unspecified atom stereocenters. The van der Waals surface area contributed by atoms with Crippen LogP contribution in [-0.4, -0.2) is 25.7 Å². The van der Waals surface area contributed by atoms with E-state index in [-0.39, 0.29) is 6.61 Å². The molecule has 0 aliphatic rings. The maximum atomic E-state index is 11.9. The summed E-state index contributed by atoms with van der Waals surface area (Å²) in [5, 5.41) is 0. The Balaban J connectivity index is 2.38. The van der Waals surface area contributed by atoms with Gasteiger partial charge in [-0.3, -0.25) is 4.79 Å². The summed E-state index contributed by atoms with van der Waals surface area (Å²) in [6.45, 7) is -0.301. The third-order valence-corrected chi connectivity index (χ3v) is 1.97. The van der Waals surface area contributed by atoms with Crippen LogP contribution in [0.15, 0.2) is 24.3 Å². The van der Waals surface area contributed by atoms with Gasteiger partial charge in [-0.15, -0.1) is 0 Å². The highest BCUT2D eigenvalue weighted by atomic mass is 19.4. The van der Waals surface area contributed by atoms with Gasteiger partial charge < -0.3 is 9.47 Å². The van der Waals surface area contributed by atoms with Crippen molar-refractivity contribution in [3.05, 3.63) is 24.3 Å². The van der Waals surface area contributed by atoms with Gasteiger partial charge in [0.15, 0.2) is 0 Å². The van der Waals surface area contributed by atoms with E-state index in [0.717, 1.165) is 0 Å². The lowest BCUT2D eigenvalue weighted by Gasteiger charge is -2.07. The van der Waals surface area contributed by atoms with Gasteiger partial charge in [0.1, 0.15) is 11.5 Å². The number of alkyl halides is 3. The lowest BCUT2D eigenvalue weighted by atomic mass is 10.3. The van der Waals surface area contributed by atoms with E-state index in [1.807, 2.05) is 0 Å². The number of halogens is 3. The van der Waals surface area contributed by atoms with Gasteiger partial charge in [-0.1, -0.05) is 0 Å². The zero-order valence-corrected chi connectivity index (χ0v) is 9.08. The van der Waals surface area contributed by atoms with Crippen LogP contribution in [0.2, 0.25) is 0 Å². The first-order valence-corrected chi connectivity index (χ1v) is 4.80. The summed E-state index contributed by atoms with van der Waals surface area (Å²) in [5.74, 6) is -0.782. The Morgan fingerprint density at radius 3 is 2.18 bits per heavy atom. The van der Waals surface area contributed by atoms with Crippen LogP contribution in [0.25, 0.3) is 0 Å². The van der Waals surface area contributed by atoms with Crippen LogP contribution in [-0.2, 0) is 4.79 Å². The second-order valence-corrected chi connectivity index (χ2v) is 3.19. The predicted octanol–water partition coefficient (Wildman–Crippen LogP) is 2.60. The maximum Gasteiger partial charge on any atom is 0.450 e. The largest absolute Gasteiger partial charge is 0.497 e. The average Bonchev–Trinajstić information content (AvgIpc) is 2.28. The number of rotatable bonds is 5. The van der Waals surface area contributed by atoms with E-state index in [2.05, 4.69) is 0 Å². The van der Waals surface area contributed by atoms with E-state index in [9.17, 15) is 18.0 Å². The zero-order chi connectivity index (χ0) is 12.9. The topological polar surface area (TPSA) is 35.5 Å². The molecule has 6 heteroatoms. The summed E-state index contributed by atoms with van der Waals surface area (Å²) in [6.07, 6.45) is -5.47. The summed E-state index contributed by atoms with van der Waals surface area (Å²) in [5.41, 5.74) is 0. The quantitative estimate of drug-likeness (QED) is 0.803. The van der Waals surface area contributed by atoms with E-state index >= 15 is 0 Å². The van der Waals surface area contributed by atoms with Crippen molar-refractivity contribution in [3.63, 3.8) is 0 Å². The SMILES string of the molecule is COc1ccc(OCCC(=O)C(F)(F)F)cc1. The minimum Gasteiger partial charge on any atom is -0.497 e. The molecule has 17 heavy (non-hydrogen) atoms. The van der Waals surface area contributed by atoms with Crippen LogP contribution in [0.5, 0.6) is 11.5 Å². The highest BCUT2D eigenvalue weighted by molar-refractivity contribution is 5.84. The van der Waals surface area contributed by atoms with Crippen molar-refractivity contribution in [2.75, 3.05) is 13.7 Å². The molecule has 0 spiro atoms. The number of methoxy groups -OCH3 is 1. The van der Waals surface area contributed by atoms with Gasteiger partial charge >= 0.3 is 6.18 Å². The fourth-order valence-corrected chi connectivity index (χ4v) is 1.08. The molecule has 0 amide bonds. The number of hydrogen-bond acceptors (Lipinski definition) is 3. The lowest BCUT2D eigenvalue weighted by molar-refractivity contribution is -0.171. The van der Waals surface area contributed by atoms with Gasteiger partial charge in [-0.25, -0.2) is 0 Å². The molecule has 94 valence electrons. The Morgan fingerprint density at radius 2 is 1.71 bits per heavy atom. The van der Waals surface area contributed by atoms with E-state index < -0.39 is 18.4 Å². The van der Waals surface area contributed by atoms with Crippen molar-refractivity contribution >= 4 is 5.78 Å². The van der Waals surface area contributed by atoms with E-state index in [0.29, 0.717) is 11.5 Å². The molecule has 0 aliphatic heterocycles. The van der Waals surface area contributed by atoms with Crippen molar-refractivity contribution in [2.45, 2.75) is 12.6 Å². The van der Waals surface area contributed by atoms with Crippen LogP contribution in [0.1, 0.15) is 6.42 Å². The molecule has 0 N–H and O–H groups in total. The number of hydrogen-bond donors (Lipinski definition) is 0. The minimum absolute atomic E-state index is 0.301. The van der Waals surface area contributed by atoms with Crippen molar-refractivity contribution < 1.29 is 27.4 Å². The van der Waals surface area contributed by atoms with Crippen molar-refractivity contribution in [3.8, 4) is 11.5 Å². The molecular weight excluding hydrogens is 237 g/mol. The summed E-state index contributed by atoms with van der Waals surface area (Å²) in [4.78, 5) is 10.5. The van der Waals surface area contributed by atoms with Crippen LogP contribution in [0, 0.1) is 0 Å². The van der Waals surface area contributed by atoms with E-state index in [1.54, 1.807) is 24.3 Å². The van der Waals surface area contributed by atoms with Gasteiger partial charge in [0.25, 0.3) is 0 Å². The smallest absolute Gasteiger partial charge is 0.450 e. The van der Waals surface area contributed by atoms with Gasteiger partial charge in [-0.2, -0.15) is 13.2 Å². The molecule has 0 aliphatic carbocycles. The highest BCUT2D eigenvalue weighted by Crippen LogP contribution is 2.19. The molecule has 0 bridgehead atoms. The van der Waals surface area contributed by atoms with Crippen LogP contribution in [0.3, 0.4) is 0 Å². The fourth-order valence-electron chi connectivity index (χ4n) is 1.08. The Hall–Kier alpha value is -1.72. The number of carbonyl (C=O) groups is 1.